The third kappa shape index (κ3) is 3.92. The molecule has 0 bridgehead atoms. The fraction of sp³-hybridized carbons (Fsp3) is 0.135. The van der Waals surface area contributed by atoms with E-state index in [2.05, 4.69) is 88.9 Å². The molecule has 7 aromatic rings. The molecule has 5 aromatic carbocycles. The minimum Gasteiger partial charge on any atom is -0.342 e. The van der Waals surface area contributed by atoms with Crippen molar-refractivity contribution in [2.24, 2.45) is 0 Å². The molecular formula is C37H31N3O2. The zero-order valence-corrected chi connectivity index (χ0v) is 23.7. The number of rotatable bonds is 7. The fourth-order valence-corrected chi connectivity index (χ4v) is 6.30. The number of aromatic nitrogens is 2. The molecule has 0 aliphatic rings. The Bertz CT molecular complexity index is 2040. The van der Waals surface area contributed by atoms with Crippen LogP contribution in [0, 0.1) is 0 Å². The Morgan fingerprint density at radius 1 is 0.667 bits per heavy atom. The van der Waals surface area contributed by atoms with Crippen LogP contribution in [0.2, 0.25) is 0 Å². The van der Waals surface area contributed by atoms with Gasteiger partial charge in [0.2, 0.25) is 0 Å². The summed E-state index contributed by atoms with van der Waals surface area (Å²) in [6.45, 7) is 2.74. The predicted octanol–water partition coefficient (Wildman–Crippen LogP) is 8.57. The van der Waals surface area contributed by atoms with Gasteiger partial charge >= 0.3 is 0 Å². The Morgan fingerprint density at radius 2 is 1.07 bits per heavy atom. The van der Waals surface area contributed by atoms with E-state index in [9.17, 15) is 9.59 Å². The Morgan fingerprint density at radius 3 is 1.48 bits per heavy atom. The van der Waals surface area contributed by atoms with Crippen molar-refractivity contribution >= 4 is 55.8 Å². The van der Waals surface area contributed by atoms with Crippen LogP contribution in [0.3, 0.4) is 0 Å². The van der Waals surface area contributed by atoms with E-state index in [0.29, 0.717) is 17.7 Å². The van der Waals surface area contributed by atoms with E-state index in [-0.39, 0.29) is 5.91 Å². The third-order valence-corrected chi connectivity index (χ3v) is 8.34. The molecule has 0 aliphatic heterocycles. The number of para-hydroxylation sites is 4. The van der Waals surface area contributed by atoms with Crippen LogP contribution in [0.5, 0.6) is 0 Å². The molecule has 2 heterocycles. The lowest BCUT2D eigenvalue weighted by Crippen LogP contribution is -2.29. The number of nitrogens with zero attached hydrogens (tertiary/aromatic N) is 3. The summed E-state index contributed by atoms with van der Waals surface area (Å²) in [4.78, 5) is 28.2. The van der Waals surface area contributed by atoms with Gasteiger partial charge < -0.3 is 14.0 Å². The van der Waals surface area contributed by atoms with Crippen molar-refractivity contribution in [2.75, 3.05) is 13.6 Å². The van der Waals surface area contributed by atoms with Gasteiger partial charge in [0.05, 0.1) is 39.0 Å². The van der Waals surface area contributed by atoms with Gasteiger partial charge in [0, 0.05) is 40.7 Å². The van der Waals surface area contributed by atoms with Crippen molar-refractivity contribution in [1.29, 1.82) is 0 Å². The molecule has 0 radical (unpaired) electrons. The van der Waals surface area contributed by atoms with Crippen molar-refractivity contribution in [3.05, 3.63) is 120 Å². The summed E-state index contributed by atoms with van der Waals surface area (Å²) in [5.41, 5.74) is 6.63. The molecule has 0 spiro atoms. The molecule has 0 N–H and O–H groups in total. The van der Waals surface area contributed by atoms with Crippen LogP contribution in [-0.4, -0.2) is 39.8 Å². The SMILES string of the molecule is CCCCN(C)C(=O)c1cc(-n2c3ccccc3c3ccccc32)c(-n2c3ccccc3c3ccccc32)cc1C=O. The molecule has 0 saturated carbocycles. The van der Waals surface area contributed by atoms with Crippen molar-refractivity contribution in [3.8, 4) is 11.4 Å². The number of amides is 1. The topological polar surface area (TPSA) is 47.2 Å². The van der Waals surface area contributed by atoms with Gasteiger partial charge in [-0.25, -0.2) is 0 Å². The Kier molecular flexibility index (Phi) is 6.35. The Hall–Kier alpha value is -5.16. The second kappa shape index (κ2) is 10.3. The minimum absolute atomic E-state index is 0.152. The van der Waals surface area contributed by atoms with Crippen LogP contribution in [0.15, 0.2) is 109 Å². The second-order valence-corrected chi connectivity index (χ2v) is 10.9. The largest absolute Gasteiger partial charge is 0.342 e. The molecule has 206 valence electrons. The highest BCUT2D eigenvalue weighted by molar-refractivity contribution is 6.12. The van der Waals surface area contributed by atoms with E-state index >= 15 is 0 Å². The van der Waals surface area contributed by atoms with Gasteiger partial charge in [0.1, 0.15) is 0 Å². The average molecular weight is 550 g/mol. The molecule has 7 rings (SSSR count). The normalized spacial score (nSPS) is 11.6. The average Bonchev–Trinajstić information content (AvgIpc) is 3.56. The van der Waals surface area contributed by atoms with E-state index in [1.54, 1.807) is 4.90 Å². The van der Waals surface area contributed by atoms with Gasteiger partial charge in [-0.2, -0.15) is 0 Å². The van der Waals surface area contributed by atoms with Gasteiger partial charge in [-0.1, -0.05) is 86.1 Å². The van der Waals surface area contributed by atoms with E-state index in [4.69, 9.17) is 0 Å². The molecule has 42 heavy (non-hydrogen) atoms. The monoisotopic (exact) mass is 549 g/mol. The molecule has 1 amide bonds. The summed E-state index contributed by atoms with van der Waals surface area (Å²) in [7, 11) is 1.81. The highest BCUT2D eigenvalue weighted by Crippen LogP contribution is 2.39. The lowest BCUT2D eigenvalue weighted by molar-refractivity contribution is 0.0790. The first-order valence-corrected chi connectivity index (χ1v) is 14.5. The van der Waals surface area contributed by atoms with Crippen molar-refractivity contribution in [2.45, 2.75) is 19.8 Å². The first-order chi connectivity index (χ1) is 20.6. The van der Waals surface area contributed by atoms with Crippen LogP contribution in [-0.2, 0) is 0 Å². The summed E-state index contributed by atoms with van der Waals surface area (Å²) in [6.07, 6.45) is 2.70. The molecule has 0 atom stereocenters. The van der Waals surface area contributed by atoms with Crippen molar-refractivity contribution in [3.63, 3.8) is 0 Å². The van der Waals surface area contributed by atoms with Gasteiger partial charge in [0.25, 0.3) is 5.91 Å². The van der Waals surface area contributed by atoms with Crippen molar-refractivity contribution in [1.82, 2.24) is 14.0 Å². The summed E-state index contributed by atoms with van der Waals surface area (Å²) in [5, 5.41) is 4.53. The Balaban J connectivity index is 1.63. The fourth-order valence-electron chi connectivity index (χ4n) is 6.30. The first kappa shape index (κ1) is 25.8. The van der Waals surface area contributed by atoms with Crippen molar-refractivity contribution < 1.29 is 9.59 Å². The maximum Gasteiger partial charge on any atom is 0.254 e. The van der Waals surface area contributed by atoms with Crippen LogP contribution in [0.1, 0.15) is 40.5 Å². The van der Waals surface area contributed by atoms with Crippen LogP contribution in [0.25, 0.3) is 55.0 Å². The zero-order chi connectivity index (χ0) is 28.8. The summed E-state index contributed by atoms with van der Waals surface area (Å²) < 4.78 is 4.46. The van der Waals surface area contributed by atoms with E-state index in [0.717, 1.165) is 74.1 Å². The molecule has 0 fully saturated rings. The summed E-state index contributed by atoms with van der Waals surface area (Å²) in [5.74, 6) is -0.152. The number of unbranched alkanes of at least 4 members (excludes halogenated alkanes) is 1. The second-order valence-electron chi connectivity index (χ2n) is 10.9. The maximum atomic E-state index is 13.9. The minimum atomic E-state index is -0.152. The number of carbonyl (C=O) groups excluding carboxylic acids is 2. The lowest BCUT2D eigenvalue weighted by atomic mass is 10.0. The highest BCUT2D eigenvalue weighted by atomic mass is 16.2. The standard InChI is InChI=1S/C37H31N3O2/c1-3-4-21-38(2)37(42)30-23-36(40-33-19-11-7-15-28(33)29-16-8-12-20-34(29)40)35(22-25(30)24-41)39-31-17-9-5-13-26(31)27-14-6-10-18-32(27)39/h5-20,22-24H,3-4,21H2,1-2H3. The maximum absolute atomic E-state index is 13.9. The zero-order valence-electron chi connectivity index (χ0n) is 23.7. The van der Waals surface area contributed by atoms with E-state index < -0.39 is 0 Å². The molecule has 5 nitrogen and oxygen atoms in total. The lowest BCUT2D eigenvalue weighted by Gasteiger charge is -2.22. The first-order valence-electron chi connectivity index (χ1n) is 14.5. The number of benzene rings is 5. The number of hydrogen-bond donors (Lipinski definition) is 0. The van der Waals surface area contributed by atoms with E-state index in [1.165, 1.54) is 0 Å². The van der Waals surface area contributed by atoms with Gasteiger partial charge in [0.15, 0.2) is 6.29 Å². The molecule has 5 heteroatoms. The highest BCUT2D eigenvalue weighted by Gasteiger charge is 2.24. The van der Waals surface area contributed by atoms with Gasteiger partial charge in [-0.3, -0.25) is 9.59 Å². The quantitative estimate of drug-likeness (QED) is 0.187. The number of fused-ring (bicyclic) bond motifs is 6. The summed E-state index contributed by atoms with van der Waals surface area (Å²) in [6, 6.07) is 37.2. The molecule has 0 saturated heterocycles. The predicted molar refractivity (Wildman–Crippen MR) is 172 cm³/mol. The third-order valence-electron chi connectivity index (χ3n) is 8.34. The summed E-state index contributed by atoms with van der Waals surface area (Å²) >= 11 is 0. The smallest absolute Gasteiger partial charge is 0.254 e. The molecular weight excluding hydrogens is 518 g/mol. The number of carbonyl (C=O) groups is 2. The van der Waals surface area contributed by atoms with Crippen LogP contribution in [0.4, 0.5) is 0 Å². The molecule has 0 aliphatic carbocycles. The Labute approximate surface area is 244 Å². The molecule has 0 unspecified atom stereocenters. The van der Waals surface area contributed by atoms with Gasteiger partial charge in [-0.15, -0.1) is 0 Å². The van der Waals surface area contributed by atoms with E-state index in [1.807, 2.05) is 43.4 Å². The number of aldehydes is 1. The van der Waals surface area contributed by atoms with Crippen LogP contribution < -0.4 is 0 Å². The molecule has 2 aromatic heterocycles. The van der Waals surface area contributed by atoms with Gasteiger partial charge in [-0.05, 0) is 42.8 Å². The number of hydrogen-bond acceptors (Lipinski definition) is 2. The van der Waals surface area contributed by atoms with Crippen LogP contribution >= 0.6 is 0 Å².